The number of nitrogens with zero attached hydrogens (tertiary/aromatic N) is 2. The van der Waals surface area contributed by atoms with Gasteiger partial charge in [0.15, 0.2) is 0 Å². The summed E-state index contributed by atoms with van der Waals surface area (Å²) in [5.74, 6) is -1.73. The van der Waals surface area contributed by atoms with E-state index in [1.165, 1.54) is 12.1 Å². The molecule has 0 heterocycles. The topological polar surface area (TPSA) is 121 Å². The molecule has 3 N–H and O–H groups in total. The Labute approximate surface area is 166 Å². The lowest BCUT2D eigenvalue weighted by Gasteiger charge is -2.08. The predicted molar refractivity (Wildman–Crippen MR) is 105 cm³/mol. The molecule has 0 radical (unpaired) electrons. The standard InChI is InChI=1S/C21H17N3O5/c1-13-4-2-3-5-19(13)21(28)29-24-16-8-6-15(7-9-16)22-23-20(27)14-10-17(25)12-18(26)11-14/h2-12,24-26H,1H3. The zero-order valence-electron chi connectivity index (χ0n) is 15.4. The zero-order chi connectivity index (χ0) is 20.8. The highest BCUT2D eigenvalue weighted by atomic mass is 16.7. The van der Waals surface area contributed by atoms with Crippen molar-refractivity contribution in [3.8, 4) is 11.5 Å². The molecule has 0 aliphatic carbocycles. The molecule has 0 atom stereocenters. The summed E-state index contributed by atoms with van der Waals surface area (Å²) < 4.78 is 0. The molecule has 0 aromatic heterocycles. The van der Waals surface area contributed by atoms with Gasteiger partial charge >= 0.3 is 5.97 Å². The summed E-state index contributed by atoms with van der Waals surface area (Å²) in [7, 11) is 0. The van der Waals surface area contributed by atoms with Crippen LogP contribution in [0.2, 0.25) is 0 Å². The Morgan fingerprint density at radius 2 is 1.59 bits per heavy atom. The molecule has 3 aromatic carbocycles. The summed E-state index contributed by atoms with van der Waals surface area (Å²) in [6.45, 7) is 1.82. The molecule has 0 aliphatic heterocycles. The van der Waals surface area contributed by atoms with Crippen molar-refractivity contribution in [1.29, 1.82) is 0 Å². The number of nitrogens with one attached hydrogen (secondary N) is 1. The first kappa shape index (κ1) is 19.6. The molecular formula is C21H17N3O5. The first-order valence-corrected chi connectivity index (χ1v) is 8.54. The van der Waals surface area contributed by atoms with Gasteiger partial charge in [0.05, 0.1) is 22.5 Å². The Bertz CT molecular complexity index is 1060. The average molecular weight is 391 g/mol. The number of azo groups is 1. The number of hydrogen-bond acceptors (Lipinski definition) is 7. The molecule has 8 nitrogen and oxygen atoms in total. The van der Waals surface area contributed by atoms with Crippen LogP contribution in [0.4, 0.5) is 11.4 Å². The summed E-state index contributed by atoms with van der Waals surface area (Å²) in [5, 5.41) is 26.2. The molecule has 0 saturated carbocycles. The second-order valence-electron chi connectivity index (χ2n) is 6.10. The third kappa shape index (κ3) is 5.16. The lowest BCUT2D eigenvalue weighted by Crippen LogP contribution is -2.11. The zero-order valence-corrected chi connectivity index (χ0v) is 15.4. The van der Waals surface area contributed by atoms with Gasteiger partial charge in [0.2, 0.25) is 0 Å². The molecule has 0 fully saturated rings. The minimum atomic E-state index is -0.717. The van der Waals surface area contributed by atoms with Crippen LogP contribution in [0.5, 0.6) is 11.5 Å². The number of benzene rings is 3. The second kappa shape index (κ2) is 8.66. The number of anilines is 1. The van der Waals surface area contributed by atoms with Crippen LogP contribution >= 0.6 is 0 Å². The van der Waals surface area contributed by atoms with Crippen molar-refractivity contribution in [2.24, 2.45) is 10.2 Å². The summed E-state index contributed by atoms with van der Waals surface area (Å²) in [6, 6.07) is 16.9. The van der Waals surface area contributed by atoms with E-state index in [1.54, 1.807) is 36.4 Å². The van der Waals surface area contributed by atoms with Gasteiger partial charge in [-0.05, 0) is 55.0 Å². The molecule has 29 heavy (non-hydrogen) atoms. The van der Waals surface area contributed by atoms with Gasteiger partial charge in [0.25, 0.3) is 5.91 Å². The highest BCUT2D eigenvalue weighted by molar-refractivity contribution is 5.95. The van der Waals surface area contributed by atoms with E-state index in [1.807, 2.05) is 19.1 Å². The molecule has 1 amide bonds. The fourth-order valence-corrected chi connectivity index (χ4v) is 2.44. The number of amides is 1. The normalized spacial score (nSPS) is 10.7. The lowest BCUT2D eigenvalue weighted by molar-refractivity contribution is 0.0595. The number of hydrogen-bond donors (Lipinski definition) is 3. The Morgan fingerprint density at radius 1 is 0.931 bits per heavy atom. The largest absolute Gasteiger partial charge is 0.508 e. The number of carbonyl (C=O) groups excluding carboxylic acids is 2. The van der Waals surface area contributed by atoms with Gasteiger partial charge in [-0.1, -0.05) is 18.2 Å². The van der Waals surface area contributed by atoms with E-state index in [-0.39, 0.29) is 17.1 Å². The Hall–Kier alpha value is -4.20. The molecule has 0 saturated heterocycles. The van der Waals surface area contributed by atoms with Crippen molar-refractivity contribution < 1.29 is 24.6 Å². The van der Waals surface area contributed by atoms with Crippen LogP contribution in [0, 0.1) is 6.92 Å². The average Bonchev–Trinajstić information content (AvgIpc) is 2.70. The number of phenols is 2. The maximum absolute atomic E-state index is 12.1. The summed E-state index contributed by atoms with van der Waals surface area (Å²) in [5.41, 5.74) is 4.73. The minimum Gasteiger partial charge on any atom is -0.508 e. The third-order valence-corrected chi connectivity index (χ3v) is 3.90. The van der Waals surface area contributed by atoms with Crippen LogP contribution < -0.4 is 5.48 Å². The van der Waals surface area contributed by atoms with Crippen LogP contribution in [0.1, 0.15) is 26.3 Å². The molecule has 0 aliphatic rings. The monoisotopic (exact) mass is 391 g/mol. The number of phenolic OH excluding ortho intramolecular Hbond substituents is 2. The number of carbonyl (C=O) groups is 2. The number of aryl methyl sites for hydroxylation is 1. The van der Waals surface area contributed by atoms with Crippen molar-refractivity contribution in [2.75, 3.05) is 5.48 Å². The van der Waals surface area contributed by atoms with E-state index < -0.39 is 11.9 Å². The van der Waals surface area contributed by atoms with Gasteiger partial charge in [-0.15, -0.1) is 10.2 Å². The van der Waals surface area contributed by atoms with Crippen molar-refractivity contribution in [2.45, 2.75) is 6.92 Å². The summed E-state index contributed by atoms with van der Waals surface area (Å²) >= 11 is 0. The van der Waals surface area contributed by atoms with Gasteiger partial charge in [-0.25, -0.2) is 10.3 Å². The van der Waals surface area contributed by atoms with Crippen LogP contribution in [-0.2, 0) is 4.84 Å². The molecule has 0 spiro atoms. The van der Waals surface area contributed by atoms with E-state index in [9.17, 15) is 19.8 Å². The second-order valence-corrected chi connectivity index (χ2v) is 6.10. The molecule has 8 heteroatoms. The molecular weight excluding hydrogens is 374 g/mol. The first-order valence-electron chi connectivity index (χ1n) is 8.54. The Balaban J connectivity index is 1.60. The fraction of sp³-hybridized carbons (Fsp3) is 0.0476. The molecule has 146 valence electrons. The fourth-order valence-electron chi connectivity index (χ4n) is 2.44. The van der Waals surface area contributed by atoms with Gasteiger partial charge in [-0.3, -0.25) is 4.79 Å². The van der Waals surface area contributed by atoms with E-state index in [4.69, 9.17) is 4.84 Å². The smallest absolute Gasteiger partial charge is 0.363 e. The SMILES string of the molecule is Cc1ccccc1C(=O)ONc1ccc(N=NC(=O)c2cc(O)cc(O)c2)cc1. The summed E-state index contributed by atoms with van der Waals surface area (Å²) in [4.78, 5) is 29.1. The molecule has 0 bridgehead atoms. The third-order valence-electron chi connectivity index (χ3n) is 3.90. The van der Waals surface area contributed by atoms with Crippen molar-refractivity contribution in [1.82, 2.24) is 0 Å². The van der Waals surface area contributed by atoms with E-state index in [2.05, 4.69) is 15.7 Å². The van der Waals surface area contributed by atoms with Gasteiger partial charge < -0.3 is 15.1 Å². The highest BCUT2D eigenvalue weighted by Gasteiger charge is 2.10. The predicted octanol–water partition coefficient (Wildman–Crippen LogP) is 4.51. The highest BCUT2D eigenvalue weighted by Crippen LogP contribution is 2.22. The molecule has 0 unspecified atom stereocenters. The maximum atomic E-state index is 12.1. The Kier molecular flexibility index (Phi) is 5.84. The van der Waals surface area contributed by atoms with Crippen LogP contribution in [0.25, 0.3) is 0 Å². The van der Waals surface area contributed by atoms with Crippen LogP contribution in [-0.4, -0.2) is 22.1 Å². The van der Waals surface area contributed by atoms with Crippen molar-refractivity contribution in [3.63, 3.8) is 0 Å². The molecule has 3 aromatic rings. The van der Waals surface area contributed by atoms with Gasteiger partial charge in [-0.2, -0.15) is 0 Å². The first-order chi connectivity index (χ1) is 13.9. The quantitative estimate of drug-likeness (QED) is 0.434. The Morgan fingerprint density at radius 3 is 2.24 bits per heavy atom. The van der Waals surface area contributed by atoms with Crippen LogP contribution in [0.3, 0.4) is 0 Å². The van der Waals surface area contributed by atoms with Crippen molar-refractivity contribution in [3.05, 3.63) is 83.4 Å². The van der Waals surface area contributed by atoms with Crippen molar-refractivity contribution >= 4 is 23.3 Å². The lowest BCUT2D eigenvalue weighted by atomic mass is 10.1. The van der Waals surface area contributed by atoms with Gasteiger partial charge in [0, 0.05) is 6.07 Å². The van der Waals surface area contributed by atoms with Gasteiger partial charge in [0.1, 0.15) is 11.5 Å². The van der Waals surface area contributed by atoms with Crippen LogP contribution in [0.15, 0.2) is 77.0 Å². The summed E-state index contributed by atoms with van der Waals surface area (Å²) in [6.07, 6.45) is 0. The van der Waals surface area contributed by atoms with E-state index in [0.29, 0.717) is 16.9 Å². The number of rotatable bonds is 5. The van der Waals surface area contributed by atoms with E-state index >= 15 is 0 Å². The minimum absolute atomic E-state index is 0.00709. The molecule has 3 rings (SSSR count). The maximum Gasteiger partial charge on any atom is 0.363 e. The van der Waals surface area contributed by atoms with E-state index in [0.717, 1.165) is 11.6 Å². The number of aromatic hydroxyl groups is 2.